The van der Waals surface area contributed by atoms with Crippen LogP contribution in [0.25, 0.3) is 0 Å². The van der Waals surface area contributed by atoms with Crippen molar-refractivity contribution in [1.29, 1.82) is 0 Å². The first kappa shape index (κ1) is 11.1. The van der Waals surface area contributed by atoms with E-state index in [4.69, 9.17) is 0 Å². The largest absolute Gasteiger partial charge is 0.379 e. The van der Waals surface area contributed by atoms with E-state index in [2.05, 4.69) is 15.5 Å². The number of nitro groups is 1. The molecule has 6 nitrogen and oxygen atoms in total. The number of rotatable bonds is 4. The van der Waals surface area contributed by atoms with E-state index in [0.29, 0.717) is 12.2 Å². The number of aromatic nitrogens is 2. The van der Waals surface area contributed by atoms with Crippen molar-refractivity contribution in [3.05, 3.63) is 52.1 Å². The number of halogens is 1. The Bertz CT molecular complexity index is 527. The summed E-state index contributed by atoms with van der Waals surface area (Å²) in [6, 6.07) is 5.43. The Morgan fingerprint density at radius 3 is 2.94 bits per heavy atom. The molecular weight excluding hydrogens is 227 g/mol. The number of H-pyrrole nitrogens is 1. The Hall–Kier alpha value is -2.44. The highest BCUT2D eigenvalue weighted by Crippen LogP contribution is 2.21. The van der Waals surface area contributed by atoms with Crippen LogP contribution in [0.15, 0.2) is 30.5 Å². The van der Waals surface area contributed by atoms with Gasteiger partial charge in [0, 0.05) is 18.0 Å². The molecule has 0 saturated carbocycles. The van der Waals surface area contributed by atoms with Crippen molar-refractivity contribution in [3.63, 3.8) is 0 Å². The minimum absolute atomic E-state index is 0.433. The first-order valence-electron chi connectivity index (χ1n) is 4.83. The topological polar surface area (TPSA) is 83.8 Å². The van der Waals surface area contributed by atoms with Crippen molar-refractivity contribution in [3.8, 4) is 0 Å². The normalized spacial score (nSPS) is 10.2. The zero-order valence-electron chi connectivity index (χ0n) is 8.68. The molecule has 0 radical (unpaired) electrons. The monoisotopic (exact) mass is 236 g/mol. The molecule has 0 aliphatic carbocycles. The summed E-state index contributed by atoms with van der Waals surface area (Å²) < 4.78 is 13.0. The van der Waals surface area contributed by atoms with Crippen molar-refractivity contribution in [2.45, 2.75) is 6.54 Å². The molecule has 0 amide bonds. The standard InChI is InChI=1S/C10H9FN4O2/c11-9-2-1-7(5-10(9)15(16)17)12-6-8-3-4-13-14-8/h1-5,12H,6H2,(H,13,14). The molecule has 2 rings (SSSR count). The molecule has 0 spiro atoms. The van der Waals surface area contributed by atoms with Gasteiger partial charge in [-0.2, -0.15) is 9.49 Å². The molecule has 2 N–H and O–H groups in total. The number of anilines is 1. The van der Waals surface area contributed by atoms with Crippen molar-refractivity contribution < 1.29 is 9.31 Å². The SMILES string of the molecule is O=[N+]([O-])c1cc(NCc2ccn[nH]2)ccc1F. The summed E-state index contributed by atoms with van der Waals surface area (Å²) in [4.78, 5) is 9.78. The fourth-order valence-electron chi connectivity index (χ4n) is 1.34. The highest BCUT2D eigenvalue weighted by atomic mass is 19.1. The van der Waals surface area contributed by atoms with Crippen LogP contribution < -0.4 is 5.32 Å². The number of aromatic amines is 1. The zero-order chi connectivity index (χ0) is 12.3. The Balaban J connectivity index is 2.11. The predicted molar refractivity (Wildman–Crippen MR) is 59.0 cm³/mol. The maximum atomic E-state index is 13.0. The van der Waals surface area contributed by atoms with Gasteiger partial charge in [-0.25, -0.2) is 0 Å². The van der Waals surface area contributed by atoms with Crippen LogP contribution in [0.3, 0.4) is 0 Å². The molecule has 1 aromatic heterocycles. The van der Waals surface area contributed by atoms with E-state index in [0.717, 1.165) is 17.8 Å². The van der Waals surface area contributed by atoms with Crippen LogP contribution in [-0.2, 0) is 6.54 Å². The van der Waals surface area contributed by atoms with E-state index < -0.39 is 16.4 Å². The summed E-state index contributed by atoms with van der Waals surface area (Å²) >= 11 is 0. The highest BCUT2D eigenvalue weighted by molar-refractivity contribution is 5.51. The number of hydrogen-bond donors (Lipinski definition) is 2. The maximum absolute atomic E-state index is 13.0. The smallest absolute Gasteiger partial charge is 0.306 e. The van der Waals surface area contributed by atoms with Gasteiger partial charge in [0.05, 0.1) is 17.2 Å². The molecule has 1 aromatic carbocycles. The summed E-state index contributed by atoms with van der Waals surface area (Å²) in [5.41, 5.74) is 0.768. The van der Waals surface area contributed by atoms with E-state index >= 15 is 0 Å². The summed E-state index contributed by atoms with van der Waals surface area (Å²) in [6.45, 7) is 0.433. The molecular formula is C10H9FN4O2. The third kappa shape index (κ3) is 2.57. The molecule has 88 valence electrons. The predicted octanol–water partition coefficient (Wildman–Crippen LogP) is 2.07. The third-order valence-electron chi connectivity index (χ3n) is 2.18. The minimum atomic E-state index is -0.845. The lowest BCUT2D eigenvalue weighted by Gasteiger charge is -2.04. The summed E-state index contributed by atoms with van der Waals surface area (Å²) in [6.07, 6.45) is 1.60. The molecule has 0 unspecified atom stereocenters. The van der Waals surface area contributed by atoms with Gasteiger partial charge in [0.1, 0.15) is 0 Å². The molecule has 7 heteroatoms. The average molecular weight is 236 g/mol. The number of nitrogens with one attached hydrogen (secondary N) is 2. The van der Waals surface area contributed by atoms with Gasteiger partial charge in [0.2, 0.25) is 5.82 Å². The van der Waals surface area contributed by atoms with Gasteiger partial charge < -0.3 is 5.32 Å². The Morgan fingerprint density at radius 1 is 1.47 bits per heavy atom. The average Bonchev–Trinajstić information content (AvgIpc) is 2.80. The van der Waals surface area contributed by atoms with E-state index in [9.17, 15) is 14.5 Å². The van der Waals surface area contributed by atoms with Crippen LogP contribution in [-0.4, -0.2) is 15.1 Å². The van der Waals surface area contributed by atoms with Crippen molar-refractivity contribution in [1.82, 2.24) is 10.2 Å². The van der Waals surface area contributed by atoms with Crippen molar-refractivity contribution >= 4 is 11.4 Å². The summed E-state index contributed by atoms with van der Waals surface area (Å²) in [5, 5.41) is 20.0. The fraction of sp³-hybridized carbons (Fsp3) is 0.100. The lowest BCUT2D eigenvalue weighted by molar-refractivity contribution is -0.387. The summed E-state index contributed by atoms with van der Waals surface area (Å²) in [7, 11) is 0. The van der Waals surface area contributed by atoms with Crippen molar-refractivity contribution in [2.75, 3.05) is 5.32 Å². The van der Waals surface area contributed by atoms with Crippen LogP contribution >= 0.6 is 0 Å². The second-order valence-corrected chi connectivity index (χ2v) is 3.36. The Kier molecular flexibility index (Phi) is 2.99. The van der Waals surface area contributed by atoms with Gasteiger partial charge in [-0.05, 0) is 18.2 Å². The fourth-order valence-corrected chi connectivity index (χ4v) is 1.34. The molecule has 0 aliphatic heterocycles. The highest BCUT2D eigenvalue weighted by Gasteiger charge is 2.13. The van der Waals surface area contributed by atoms with Crippen LogP contribution in [0.2, 0.25) is 0 Å². The van der Waals surface area contributed by atoms with E-state index in [1.165, 1.54) is 6.07 Å². The molecule has 0 bridgehead atoms. The Labute approximate surface area is 95.6 Å². The van der Waals surface area contributed by atoms with E-state index in [1.54, 1.807) is 12.3 Å². The quantitative estimate of drug-likeness (QED) is 0.628. The number of benzene rings is 1. The van der Waals surface area contributed by atoms with Gasteiger partial charge in [0.25, 0.3) is 0 Å². The molecule has 2 aromatic rings. The Morgan fingerprint density at radius 2 is 2.29 bits per heavy atom. The number of nitro benzene ring substituents is 1. The van der Waals surface area contributed by atoms with Gasteiger partial charge in [-0.15, -0.1) is 0 Å². The van der Waals surface area contributed by atoms with Crippen molar-refractivity contribution in [2.24, 2.45) is 0 Å². The molecule has 0 saturated heterocycles. The lowest BCUT2D eigenvalue weighted by Crippen LogP contribution is -2.01. The van der Waals surface area contributed by atoms with Gasteiger partial charge in [0.15, 0.2) is 0 Å². The van der Waals surface area contributed by atoms with E-state index in [1.807, 2.05) is 0 Å². The zero-order valence-corrected chi connectivity index (χ0v) is 8.68. The molecule has 0 fully saturated rings. The maximum Gasteiger partial charge on any atom is 0.306 e. The van der Waals surface area contributed by atoms with Gasteiger partial charge in [-0.1, -0.05) is 0 Å². The lowest BCUT2D eigenvalue weighted by atomic mass is 10.2. The molecule has 0 aliphatic rings. The number of nitrogens with zero attached hydrogens (tertiary/aromatic N) is 2. The molecule has 17 heavy (non-hydrogen) atoms. The second-order valence-electron chi connectivity index (χ2n) is 3.36. The van der Waals surface area contributed by atoms with E-state index in [-0.39, 0.29) is 0 Å². The van der Waals surface area contributed by atoms with Crippen LogP contribution in [0, 0.1) is 15.9 Å². The second kappa shape index (κ2) is 4.60. The number of hydrogen-bond acceptors (Lipinski definition) is 4. The first-order valence-corrected chi connectivity index (χ1v) is 4.83. The third-order valence-corrected chi connectivity index (χ3v) is 2.18. The van der Waals surface area contributed by atoms with Crippen LogP contribution in [0.4, 0.5) is 15.8 Å². The molecule has 0 atom stereocenters. The molecule has 1 heterocycles. The van der Waals surface area contributed by atoms with Crippen LogP contribution in [0.5, 0.6) is 0 Å². The summed E-state index contributed by atoms with van der Waals surface area (Å²) in [5.74, 6) is -0.845. The van der Waals surface area contributed by atoms with Gasteiger partial charge in [-0.3, -0.25) is 15.2 Å². The first-order chi connectivity index (χ1) is 8.16. The minimum Gasteiger partial charge on any atom is -0.379 e. The van der Waals surface area contributed by atoms with Crippen LogP contribution in [0.1, 0.15) is 5.69 Å². The van der Waals surface area contributed by atoms with Gasteiger partial charge >= 0.3 is 5.69 Å².